The number of nitrogens with zero attached hydrogens (tertiary/aromatic N) is 1. The average Bonchev–Trinajstić information content (AvgIpc) is 2.93. The van der Waals surface area contributed by atoms with Gasteiger partial charge in [-0.05, 0) is 32.0 Å². The van der Waals surface area contributed by atoms with E-state index in [0.29, 0.717) is 18.7 Å². The Hall–Kier alpha value is -1.69. The van der Waals surface area contributed by atoms with E-state index < -0.39 is 4.87 Å². The van der Waals surface area contributed by atoms with Gasteiger partial charge in [0.2, 0.25) is 5.91 Å². The van der Waals surface area contributed by atoms with E-state index >= 15 is 0 Å². The molecule has 1 aromatic carbocycles. The molecule has 0 radical (unpaired) electrons. The highest BCUT2D eigenvalue weighted by Crippen LogP contribution is 2.58. The highest BCUT2D eigenvalue weighted by Gasteiger charge is 2.61. The Bertz CT molecular complexity index is 659. The van der Waals surface area contributed by atoms with Crippen molar-refractivity contribution in [2.45, 2.75) is 36.8 Å². The normalized spacial score (nSPS) is 25.3. The van der Waals surface area contributed by atoms with Gasteiger partial charge in [0.15, 0.2) is 4.87 Å². The molecule has 2 amide bonds. The van der Waals surface area contributed by atoms with Crippen LogP contribution in [-0.2, 0) is 14.5 Å². The lowest BCUT2D eigenvalue weighted by molar-refractivity contribution is -0.139. The third kappa shape index (κ3) is 2.00. The van der Waals surface area contributed by atoms with E-state index in [9.17, 15) is 9.59 Å². The summed E-state index contributed by atoms with van der Waals surface area (Å²) in [5, 5.41) is 2.92. The fraction of sp³-hybridized carbons (Fsp3) is 0.500. The molecule has 1 unspecified atom stereocenters. The van der Waals surface area contributed by atoms with Gasteiger partial charge in [0.05, 0.1) is 7.11 Å². The van der Waals surface area contributed by atoms with Crippen LogP contribution in [0.25, 0.3) is 0 Å². The third-order valence-corrected chi connectivity index (χ3v) is 5.70. The van der Waals surface area contributed by atoms with Gasteiger partial charge in [0.25, 0.3) is 5.91 Å². The quantitative estimate of drug-likeness (QED) is 0.910. The highest BCUT2D eigenvalue weighted by molar-refractivity contribution is 8.02. The Kier molecular flexibility index (Phi) is 3.40. The molecule has 0 bridgehead atoms. The first-order valence-electron chi connectivity index (χ1n) is 7.34. The van der Waals surface area contributed by atoms with Crippen LogP contribution in [0.5, 0.6) is 5.75 Å². The first kappa shape index (κ1) is 15.2. The molecule has 1 spiro atoms. The summed E-state index contributed by atoms with van der Waals surface area (Å²) < 4.78 is 5.11. The largest absolute Gasteiger partial charge is 0.497 e. The maximum Gasteiger partial charge on any atom is 0.265 e. The molecule has 0 aliphatic carbocycles. The van der Waals surface area contributed by atoms with Crippen LogP contribution in [-0.4, -0.2) is 35.1 Å². The third-order valence-electron chi connectivity index (χ3n) is 4.09. The number of methoxy groups -OCH3 is 1. The van der Waals surface area contributed by atoms with Crippen molar-refractivity contribution in [1.82, 2.24) is 4.90 Å². The minimum Gasteiger partial charge on any atom is -0.497 e. The van der Waals surface area contributed by atoms with Crippen molar-refractivity contribution in [3.63, 3.8) is 0 Å². The van der Waals surface area contributed by atoms with Crippen LogP contribution in [0.15, 0.2) is 18.2 Å². The number of thioether (sulfide) groups is 1. The zero-order chi connectivity index (χ0) is 16.1. The molecule has 2 aliphatic heterocycles. The molecule has 2 heterocycles. The number of carbonyl (C=O) groups excluding carboxylic acids is 2. The van der Waals surface area contributed by atoms with E-state index in [2.05, 4.69) is 19.2 Å². The molecule has 1 N–H and O–H groups in total. The van der Waals surface area contributed by atoms with Gasteiger partial charge in [-0.1, -0.05) is 6.92 Å². The van der Waals surface area contributed by atoms with Crippen molar-refractivity contribution in [2.24, 2.45) is 0 Å². The summed E-state index contributed by atoms with van der Waals surface area (Å²) in [6, 6.07) is 5.51. The van der Waals surface area contributed by atoms with Gasteiger partial charge in [0, 0.05) is 29.0 Å². The fourth-order valence-corrected chi connectivity index (χ4v) is 4.86. The Morgan fingerprint density at radius 1 is 1.45 bits per heavy atom. The zero-order valence-corrected chi connectivity index (χ0v) is 14.0. The summed E-state index contributed by atoms with van der Waals surface area (Å²) in [7, 11) is 1.60. The van der Waals surface area contributed by atoms with Crippen molar-refractivity contribution in [3.8, 4) is 5.75 Å². The van der Waals surface area contributed by atoms with Crippen LogP contribution in [0.3, 0.4) is 0 Å². The van der Waals surface area contributed by atoms with Crippen LogP contribution in [0.1, 0.15) is 32.8 Å². The minimum atomic E-state index is -0.986. The van der Waals surface area contributed by atoms with Crippen molar-refractivity contribution in [3.05, 3.63) is 23.8 Å². The van der Waals surface area contributed by atoms with E-state index in [4.69, 9.17) is 4.74 Å². The predicted molar refractivity (Wildman–Crippen MR) is 87.0 cm³/mol. The molecule has 1 fully saturated rings. The smallest absolute Gasteiger partial charge is 0.265 e. The lowest BCUT2D eigenvalue weighted by Crippen LogP contribution is -2.48. The Morgan fingerprint density at radius 2 is 2.18 bits per heavy atom. The molecular formula is C16H20N2O3S. The molecule has 0 saturated carbocycles. The molecule has 22 heavy (non-hydrogen) atoms. The summed E-state index contributed by atoms with van der Waals surface area (Å²) in [6.45, 7) is 6.50. The molecule has 6 heteroatoms. The van der Waals surface area contributed by atoms with E-state index in [-0.39, 0.29) is 16.6 Å². The standard InChI is InChI=1S/C16H20N2O3S/c1-5-13(19)18-9-15(2,3)22-16(18)11-8-10(21-4)6-7-12(11)17-14(16)20/h6-8H,5,9H2,1-4H3,(H,17,20). The fourth-order valence-electron chi connectivity index (χ4n) is 3.17. The second-order valence-electron chi connectivity index (χ2n) is 6.20. The van der Waals surface area contributed by atoms with Gasteiger partial charge >= 0.3 is 0 Å². The van der Waals surface area contributed by atoms with E-state index in [1.807, 2.05) is 25.1 Å². The molecule has 118 valence electrons. The molecule has 1 aromatic rings. The minimum absolute atomic E-state index is 0.0103. The van der Waals surface area contributed by atoms with Crippen LogP contribution >= 0.6 is 11.8 Å². The summed E-state index contributed by atoms with van der Waals surface area (Å²) >= 11 is 1.54. The van der Waals surface area contributed by atoms with Gasteiger partial charge in [-0.3, -0.25) is 9.59 Å². The lowest BCUT2D eigenvalue weighted by Gasteiger charge is -2.32. The molecule has 3 rings (SSSR count). The van der Waals surface area contributed by atoms with Crippen LogP contribution < -0.4 is 10.1 Å². The first-order valence-corrected chi connectivity index (χ1v) is 8.16. The van der Waals surface area contributed by atoms with Crippen molar-refractivity contribution >= 4 is 29.3 Å². The highest BCUT2D eigenvalue weighted by atomic mass is 32.2. The second-order valence-corrected chi connectivity index (χ2v) is 8.10. The number of ether oxygens (including phenoxy) is 1. The number of nitrogens with one attached hydrogen (secondary N) is 1. The maximum absolute atomic E-state index is 12.8. The Labute approximate surface area is 134 Å². The average molecular weight is 320 g/mol. The zero-order valence-electron chi connectivity index (χ0n) is 13.2. The number of rotatable bonds is 2. The number of benzene rings is 1. The monoisotopic (exact) mass is 320 g/mol. The number of amides is 2. The number of hydrogen-bond donors (Lipinski definition) is 1. The van der Waals surface area contributed by atoms with Crippen molar-refractivity contribution in [2.75, 3.05) is 19.0 Å². The van der Waals surface area contributed by atoms with Crippen LogP contribution in [0.2, 0.25) is 0 Å². The van der Waals surface area contributed by atoms with Gasteiger partial charge in [-0.2, -0.15) is 0 Å². The summed E-state index contributed by atoms with van der Waals surface area (Å²) in [6.07, 6.45) is 0.380. The molecule has 1 atom stereocenters. The van der Waals surface area contributed by atoms with E-state index in [0.717, 1.165) is 11.3 Å². The van der Waals surface area contributed by atoms with Crippen LogP contribution in [0, 0.1) is 0 Å². The summed E-state index contributed by atoms with van der Waals surface area (Å²) in [5.41, 5.74) is 1.57. The van der Waals surface area contributed by atoms with E-state index in [1.54, 1.807) is 12.0 Å². The Balaban J connectivity index is 2.19. The number of anilines is 1. The first-order chi connectivity index (χ1) is 10.3. The second kappa shape index (κ2) is 4.91. The van der Waals surface area contributed by atoms with Gasteiger partial charge in [0.1, 0.15) is 5.75 Å². The predicted octanol–water partition coefficient (Wildman–Crippen LogP) is 2.56. The van der Waals surface area contributed by atoms with Crippen LogP contribution in [0.4, 0.5) is 5.69 Å². The molecule has 0 aromatic heterocycles. The van der Waals surface area contributed by atoms with Crippen molar-refractivity contribution in [1.29, 1.82) is 0 Å². The number of carbonyl (C=O) groups is 2. The maximum atomic E-state index is 12.8. The van der Waals surface area contributed by atoms with Crippen molar-refractivity contribution < 1.29 is 14.3 Å². The lowest BCUT2D eigenvalue weighted by atomic mass is 10.0. The van der Waals surface area contributed by atoms with E-state index in [1.165, 1.54) is 11.8 Å². The van der Waals surface area contributed by atoms with Gasteiger partial charge in [-0.25, -0.2) is 0 Å². The molecular weight excluding hydrogens is 300 g/mol. The SMILES string of the molecule is CCC(=O)N1CC(C)(C)SC12C(=O)Nc1ccc(OC)cc12. The summed E-state index contributed by atoms with van der Waals surface area (Å²) in [5.74, 6) is 0.529. The molecule has 5 nitrogen and oxygen atoms in total. The van der Waals surface area contributed by atoms with Gasteiger partial charge < -0.3 is 15.0 Å². The molecule has 2 aliphatic rings. The Morgan fingerprint density at radius 3 is 2.82 bits per heavy atom. The molecule has 1 saturated heterocycles. The number of fused-ring (bicyclic) bond motifs is 2. The van der Waals surface area contributed by atoms with Gasteiger partial charge in [-0.15, -0.1) is 11.8 Å². The number of hydrogen-bond acceptors (Lipinski definition) is 4. The summed E-state index contributed by atoms with van der Waals surface area (Å²) in [4.78, 5) is 26.0. The topological polar surface area (TPSA) is 58.6 Å².